The van der Waals surface area contributed by atoms with Crippen molar-refractivity contribution in [1.82, 2.24) is 9.79 Å². The highest BCUT2D eigenvalue weighted by Gasteiger charge is 2.29. The third-order valence-electron chi connectivity index (χ3n) is 4.26. The minimum absolute atomic E-state index is 0.00785. The average Bonchev–Trinajstić information content (AvgIpc) is 2.65. The average molecular weight is 391 g/mol. The zero-order valence-electron chi connectivity index (χ0n) is 16.3. The van der Waals surface area contributed by atoms with Crippen molar-refractivity contribution in [1.29, 1.82) is 0 Å². The lowest BCUT2D eigenvalue weighted by Gasteiger charge is -2.32. The number of amides is 1. The maximum atomic E-state index is 12.8. The smallest absolute Gasteiger partial charge is 0.264 e. The predicted molar refractivity (Wildman–Crippen MR) is 105 cm³/mol. The second-order valence-electron chi connectivity index (χ2n) is 7.31. The first-order chi connectivity index (χ1) is 12.6. The fourth-order valence-corrected chi connectivity index (χ4v) is 3.72. The SMILES string of the molecule is CON(C)S(=O)(=O)c1cccc(C(=O)NC(c2ccccc2)C(C)(C)C)c1. The van der Waals surface area contributed by atoms with E-state index in [2.05, 4.69) is 5.32 Å². The van der Waals surface area contributed by atoms with E-state index in [9.17, 15) is 13.2 Å². The number of nitrogens with zero attached hydrogens (tertiary/aromatic N) is 1. The van der Waals surface area contributed by atoms with E-state index in [1.807, 2.05) is 51.1 Å². The van der Waals surface area contributed by atoms with Crippen LogP contribution in [0.1, 0.15) is 42.7 Å². The van der Waals surface area contributed by atoms with Crippen molar-refractivity contribution in [2.75, 3.05) is 14.2 Å². The molecule has 1 unspecified atom stereocenters. The molecule has 2 rings (SSSR count). The van der Waals surface area contributed by atoms with E-state index in [-0.39, 0.29) is 27.8 Å². The minimum atomic E-state index is -3.82. The van der Waals surface area contributed by atoms with Crippen molar-refractivity contribution >= 4 is 15.9 Å². The molecule has 0 aliphatic carbocycles. The van der Waals surface area contributed by atoms with E-state index in [0.29, 0.717) is 0 Å². The number of hydrogen-bond donors (Lipinski definition) is 1. The third kappa shape index (κ3) is 4.94. The summed E-state index contributed by atoms with van der Waals surface area (Å²) in [7, 11) is -1.26. The van der Waals surface area contributed by atoms with Gasteiger partial charge in [0.2, 0.25) is 0 Å². The van der Waals surface area contributed by atoms with Gasteiger partial charge >= 0.3 is 0 Å². The maximum Gasteiger partial charge on any atom is 0.264 e. The fraction of sp³-hybridized carbons (Fsp3) is 0.350. The van der Waals surface area contributed by atoms with Gasteiger partial charge in [-0.1, -0.05) is 61.6 Å². The van der Waals surface area contributed by atoms with E-state index < -0.39 is 10.0 Å². The van der Waals surface area contributed by atoms with Crippen molar-refractivity contribution in [2.24, 2.45) is 5.41 Å². The van der Waals surface area contributed by atoms with E-state index in [4.69, 9.17) is 4.84 Å². The van der Waals surface area contributed by atoms with Gasteiger partial charge in [0, 0.05) is 12.6 Å². The van der Waals surface area contributed by atoms with Crippen LogP contribution < -0.4 is 5.32 Å². The van der Waals surface area contributed by atoms with Crippen LogP contribution in [0.2, 0.25) is 0 Å². The third-order valence-corrected chi connectivity index (χ3v) is 5.94. The Kier molecular flexibility index (Phi) is 6.41. The fourth-order valence-electron chi connectivity index (χ4n) is 2.70. The quantitative estimate of drug-likeness (QED) is 0.767. The predicted octanol–water partition coefficient (Wildman–Crippen LogP) is 3.39. The summed E-state index contributed by atoms with van der Waals surface area (Å²) in [5, 5.41) is 3.03. The molecule has 0 saturated carbocycles. The molecule has 2 aromatic rings. The van der Waals surface area contributed by atoms with Gasteiger partial charge in [0.15, 0.2) is 0 Å². The zero-order chi connectivity index (χ0) is 20.2. The summed E-state index contributed by atoms with van der Waals surface area (Å²) in [5.74, 6) is -0.337. The lowest BCUT2D eigenvalue weighted by atomic mass is 9.82. The van der Waals surface area contributed by atoms with Gasteiger partial charge in [0.25, 0.3) is 15.9 Å². The largest absolute Gasteiger partial charge is 0.345 e. The van der Waals surface area contributed by atoms with Gasteiger partial charge in [0.1, 0.15) is 0 Å². The Bertz CT molecular complexity index is 890. The molecule has 0 bridgehead atoms. The number of carbonyl (C=O) groups is 1. The van der Waals surface area contributed by atoms with Crippen LogP contribution in [0, 0.1) is 5.41 Å². The van der Waals surface area contributed by atoms with E-state index >= 15 is 0 Å². The number of hydroxylamine groups is 1. The summed E-state index contributed by atoms with van der Waals surface area (Å²) in [5.41, 5.74) is 1.03. The molecule has 1 amide bonds. The Balaban J connectivity index is 2.33. The minimum Gasteiger partial charge on any atom is -0.345 e. The Labute approximate surface area is 161 Å². The molecule has 7 heteroatoms. The van der Waals surface area contributed by atoms with Crippen molar-refractivity contribution in [3.8, 4) is 0 Å². The summed E-state index contributed by atoms with van der Waals surface area (Å²) >= 11 is 0. The summed E-state index contributed by atoms with van der Waals surface area (Å²) in [6.45, 7) is 6.12. The molecule has 1 N–H and O–H groups in total. The second kappa shape index (κ2) is 8.21. The van der Waals surface area contributed by atoms with Crippen LogP contribution in [0.15, 0.2) is 59.5 Å². The summed E-state index contributed by atoms with van der Waals surface area (Å²) < 4.78 is 25.6. The van der Waals surface area contributed by atoms with E-state index in [1.54, 1.807) is 12.1 Å². The van der Waals surface area contributed by atoms with Crippen LogP contribution >= 0.6 is 0 Å². The Morgan fingerprint density at radius 1 is 1.07 bits per heavy atom. The Morgan fingerprint density at radius 2 is 1.70 bits per heavy atom. The summed E-state index contributed by atoms with van der Waals surface area (Å²) in [6.07, 6.45) is 0. The van der Waals surface area contributed by atoms with E-state index in [0.717, 1.165) is 10.0 Å². The van der Waals surface area contributed by atoms with Crippen LogP contribution in [0.25, 0.3) is 0 Å². The molecule has 0 aliphatic heterocycles. The van der Waals surface area contributed by atoms with Gasteiger partial charge < -0.3 is 5.32 Å². The Hall–Kier alpha value is -2.22. The number of rotatable bonds is 6. The first kappa shape index (κ1) is 21.1. The van der Waals surface area contributed by atoms with Crippen LogP contribution in [0.4, 0.5) is 0 Å². The summed E-state index contributed by atoms with van der Waals surface area (Å²) in [4.78, 5) is 17.6. The monoisotopic (exact) mass is 390 g/mol. The van der Waals surface area contributed by atoms with Gasteiger partial charge in [-0.15, -0.1) is 0 Å². The molecule has 0 aromatic heterocycles. The van der Waals surface area contributed by atoms with Crippen molar-refractivity contribution in [3.05, 3.63) is 65.7 Å². The highest BCUT2D eigenvalue weighted by atomic mass is 32.2. The molecular formula is C20H26N2O4S. The van der Waals surface area contributed by atoms with Crippen LogP contribution in [0.3, 0.4) is 0 Å². The molecular weight excluding hydrogens is 364 g/mol. The molecule has 1 atom stereocenters. The number of carbonyl (C=O) groups excluding carboxylic acids is 1. The van der Waals surface area contributed by atoms with E-state index in [1.165, 1.54) is 26.3 Å². The molecule has 6 nitrogen and oxygen atoms in total. The lowest BCUT2D eigenvalue weighted by Crippen LogP contribution is -2.36. The molecule has 2 aromatic carbocycles. The van der Waals surface area contributed by atoms with Gasteiger partial charge in [-0.2, -0.15) is 0 Å². The molecule has 0 spiro atoms. The molecule has 146 valence electrons. The molecule has 0 heterocycles. The van der Waals surface area contributed by atoms with Crippen LogP contribution in [0.5, 0.6) is 0 Å². The maximum absolute atomic E-state index is 12.8. The molecule has 0 radical (unpaired) electrons. The van der Waals surface area contributed by atoms with Crippen molar-refractivity contribution in [2.45, 2.75) is 31.7 Å². The first-order valence-electron chi connectivity index (χ1n) is 8.56. The number of hydrogen-bond acceptors (Lipinski definition) is 4. The second-order valence-corrected chi connectivity index (χ2v) is 9.24. The van der Waals surface area contributed by atoms with Crippen LogP contribution in [-0.2, 0) is 14.9 Å². The zero-order valence-corrected chi connectivity index (χ0v) is 17.1. The Morgan fingerprint density at radius 3 is 2.26 bits per heavy atom. The lowest BCUT2D eigenvalue weighted by molar-refractivity contribution is -0.0258. The molecule has 0 aliphatic rings. The van der Waals surface area contributed by atoms with Gasteiger partial charge in [-0.05, 0) is 29.2 Å². The van der Waals surface area contributed by atoms with Gasteiger partial charge in [-0.25, -0.2) is 8.42 Å². The van der Waals surface area contributed by atoms with Gasteiger partial charge in [-0.3, -0.25) is 9.63 Å². The first-order valence-corrected chi connectivity index (χ1v) is 10.0. The standard InChI is InChI=1S/C20H26N2O4S/c1-20(2,3)18(15-10-7-6-8-11-15)21-19(23)16-12-9-13-17(14-16)27(24,25)22(4)26-5/h6-14,18H,1-5H3,(H,21,23). The normalized spacial score (nSPS) is 13.4. The van der Waals surface area contributed by atoms with Crippen LogP contribution in [-0.4, -0.2) is 33.0 Å². The van der Waals surface area contributed by atoms with Crippen molar-refractivity contribution in [3.63, 3.8) is 0 Å². The summed E-state index contributed by atoms with van der Waals surface area (Å²) in [6, 6.07) is 15.4. The molecule has 0 saturated heterocycles. The highest BCUT2D eigenvalue weighted by molar-refractivity contribution is 7.89. The van der Waals surface area contributed by atoms with Gasteiger partial charge in [0.05, 0.1) is 18.0 Å². The molecule has 0 fully saturated rings. The highest BCUT2D eigenvalue weighted by Crippen LogP contribution is 2.33. The number of sulfonamides is 1. The number of benzene rings is 2. The topological polar surface area (TPSA) is 75.7 Å². The van der Waals surface area contributed by atoms with Crippen molar-refractivity contribution < 1.29 is 18.0 Å². The molecule has 27 heavy (non-hydrogen) atoms. The number of nitrogens with one attached hydrogen (secondary N) is 1.